The predicted molar refractivity (Wildman–Crippen MR) is 87.2 cm³/mol. The smallest absolute Gasteiger partial charge is 0.256 e. The molecule has 0 aliphatic heterocycles. The molecule has 21 heavy (non-hydrogen) atoms. The van der Waals surface area contributed by atoms with Crippen molar-refractivity contribution in [3.63, 3.8) is 0 Å². The van der Waals surface area contributed by atoms with E-state index in [2.05, 4.69) is 17.6 Å². The van der Waals surface area contributed by atoms with Crippen molar-refractivity contribution >= 4 is 33.7 Å². The van der Waals surface area contributed by atoms with Gasteiger partial charge in [-0.3, -0.25) is 9.59 Å². The molecule has 6 heteroatoms. The summed E-state index contributed by atoms with van der Waals surface area (Å²) in [5.41, 5.74) is 6.76. The average Bonchev–Trinajstić information content (AvgIpc) is 3.12. The Kier molecular flexibility index (Phi) is 4.88. The summed E-state index contributed by atoms with van der Waals surface area (Å²) >= 11 is 1.30. The fourth-order valence-corrected chi connectivity index (χ4v) is 3.74. The summed E-state index contributed by atoms with van der Waals surface area (Å²) in [5.74, 6) is 0.409. The number of rotatable bonds is 7. The molecule has 2 unspecified atom stereocenters. The normalized spacial score (nSPS) is 20.1. The lowest BCUT2D eigenvalue weighted by atomic mass is 10.1. The molecule has 1 heterocycles. The quantitative estimate of drug-likeness (QED) is 0.676. The number of carbonyl (C=O) groups is 2. The van der Waals surface area contributed by atoms with E-state index < -0.39 is 0 Å². The number of nitrogen functional groups attached to an aromatic ring is 1. The van der Waals surface area contributed by atoms with Gasteiger partial charge in [-0.1, -0.05) is 20.3 Å². The molecule has 5 nitrogen and oxygen atoms in total. The Morgan fingerprint density at radius 3 is 2.67 bits per heavy atom. The number of hydrogen-bond donors (Lipinski definition) is 3. The van der Waals surface area contributed by atoms with Crippen molar-refractivity contribution in [1.29, 1.82) is 0 Å². The highest BCUT2D eigenvalue weighted by atomic mass is 32.1. The van der Waals surface area contributed by atoms with Crippen molar-refractivity contribution in [2.75, 3.05) is 18.1 Å². The van der Waals surface area contributed by atoms with Crippen LogP contribution in [0, 0.1) is 5.92 Å². The third-order valence-corrected chi connectivity index (χ3v) is 5.05. The molecule has 0 aromatic carbocycles. The Labute approximate surface area is 129 Å². The fraction of sp³-hybridized carbons (Fsp3) is 0.600. The highest BCUT2D eigenvalue weighted by Gasteiger charge is 2.37. The number of amides is 1. The molecule has 1 saturated carbocycles. The first-order valence-electron chi connectivity index (χ1n) is 7.47. The Morgan fingerprint density at radius 2 is 2.10 bits per heavy atom. The lowest BCUT2D eigenvalue weighted by molar-refractivity contribution is 0.0964. The van der Waals surface area contributed by atoms with Gasteiger partial charge in [-0.05, 0) is 18.8 Å². The van der Waals surface area contributed by atoms with E-state index in [9.17, 15) is 9.59 Å². The number of hydrogen-bond acceptors (Lipinski definition) is 5. The zero-order valence-electron chi connectivity index (χ0n) is 12.8. The van der Waals surface area contributed by atoms with Crippen molar-refractivity contribution in [2.24, 2.45) is 5.92 Å². The zero-order chi connectivity index (χ0) is 15.6. The van der Waals surface area contributed by atoms with Gasteiger partial charge in [-0.2, -0.15) is 0 Å². The van der Waals surface area contributed by atoms with Crippen LogP contribution < -0.4 is 16.4 Å². The Hall–Kier alpha value is -1.56. The minimum absolute atomic E-state index is 0.0170. The fourth-order valence-electron chi connectivity index (χ4n) is 2.55. The van der Waals surface area contributed by atoms with E-state index >= 15 is 0 Å². The third kappa shape index (κ3) is 3.20. The van der Waals surface area contributed by atoms with Gasteiger partial charge >= 0.3 is 0 Å². The van der Waals surface area contributed by atoms with Crippen LogP contribution in [0.25, 0.3) is 0 Å². The summed E-state index contributed by atoms with van der Waals surface area (Å²) in [6, 6.07) is 0.399. The van der Waals surface area contributed by atoms with Gasteiger partial charge in [0.25, 0.3) is 5.91 Å². The molecule has 1 aliphatic carbocycles. The van der Waals surface area contributed by atoms with Gasteiger partial charge in [-0.15, -0.1) is 11.3 Å². The summed E-state index contributed by atoms with van der Waals surface area (Å²) < 4.78 is 0. The van der Waals surface area contributed by atoms with E-state index in [1.54, 1.807) is 14.0 Å². The van der Waals surface area contributed by atoms with Crippen LogP contribution in [-0.2, 0) is 0 Å². The van der Waals surface area contributed by atoms with Crippen LogP contribution >= 0.6 is 11.3 Å². The molecule has 1 aromatic heterocycles. The van der Waals surface area contributed by atoms with Gasteiger partial charge in [0.05, 0.1) is 16.1 Å². The van der Waals surface area contributed by atoms with E-state index in [-0.39, 0.29) is 11.7 Å². The standard InChI is InChI=1S/C15H23N3O2S/c1-4-6-8-7-9(8)18-15-11(14(20)17-3)12(16)13(21-15)10(19)5-2/h8-9,18H,4-7,16H2,1-3H3,(H,17,20). The molecular weight excluding hydrogens is 286 g/mol. The van der Waals surface area contributed by atoms with Crippen LogP contribution in [0.15, 0.2) is 0 Å². The second-order valence-corrected chi connectivity index (χ2v) is 6.46. The van der Waals surface area contributed by atoms with Crippen LogP contribution in [0.3, 0.4) is 0 Å². The number of anilines is 2. The Morgan fingerprint density at radius 1 is 1.38 bits per heavy atom. The number of Topliss-reactive ketones (excluding diaryl/α,β-unsaturated/α-hetero) is 1. The van der Waals surface area contributed by atoms with Crippen molar-refractivity contribution in [3.05, 3.63) is 10.4 Å². The van der Waals surface area contributed by atoms with Crippen LogP contribution in [0.2, 0.25) is 0 Å². The van der Waals surface area contributed by atoms with E-state index in [4.69, 9.17) is 5.73 Å². The Bertz CT molecular complexity index is 553. The van der Waals surface area contributed by atoms with Gasteiger partial charge in [0.2, 0.25) is 0 Å². The number of nitrogens with one attached hydrogen (secondary N) is 2. The minimum Gasteiger partial charge on any atom is -0.397 e. The van der Waals surface area contributed by atoms with Crippen LogP contribution in [0.5, 0.6) is 0 Å². The zero-order valence-corrected chi connectivity index (χ0v) is 13.6. The van der Waals surface area contributed by atoms with E-state index in [1.807, 2.05) is 0 Å². The summed E-state index contributed by atoms with van der Waals surface area (Å²) in [7, 11) is 1.57. The maximum atomic E-state index is 12.1. The highest BCUT2D eigenvalue weighted by molar-refractivity contribution is 7.19. The molecule has 0 bridgehead atoms. The minimum atomic E-state index is -0.242. The third-order valence-electron chi connectivity index (χ3n) is 3.87. The van der Waals surface area contributed by atoms with E-state index in [0.29, 0.717) is 34.5 Å². The van der Waals surface area contributed by atoms with Gasteiger partial charge in [0.15, 0.2) is 5.78 Å². The van der Waals surface area contributed by atoms with Crippen molar-refractivity contribution in [3.8, 4) is 0 Å². The maximum absolute atomic E-state index is 12.1. The summed E-state index contributed by atoms with van der Waals surface area (Å²) in [5, 5.41) is 6.73. The number of carbonyl (C=O) groups excluding carboxylic acids is 2. The van der Waals surface area contributed by atoms with Crippen LogP contribution in [-0.4, -0.2) is 24.8 Å². The first kappa shape index (κ1) is 15.8. The molecule has 1 aliphatic rings. The average molecular weight is 309 g/mol. The van der Waals surface area contributed by atoms with Crippen LogP contribution in [0.4, 0.5) is 10.7 Å². The van der Waals surface area contributed by atoms with Crippen LogP contribution in [0.1, 0.15) is 59.6 Å². The summed E-state index contributed by atoms with van der Waals surface area (Å²) in [6.45, 7) is 3.97. The number of ketones is 1. The Balaban J connectivity index is 2.26. The second kappa shape index (κ2) is 6.47. The molecule has 0 spiro atoms. The largest absolute Gasteiger partial charge is 0.397 e. The molecule has 1 aromatic rings. The van der Waals surface area contributed by atoms with Gasteiger partial charge in [0.1, 0.15) is 5.00 Å². The molecule has 4 N–H and O–H groups in total. The topological polar surface area (TPSA) is 84.2 Å². The number of nitrogens with two attached hydrogens (primary N) is 1. The highest BCUT2D eigenvalue weighted by Crippen LogP contribution is 2.42. The van der Waals surface area contributed by atoms with Gasteiger partial charge < -0.3 is 16.4 Å². The van der Waals surface area contributed by atoms with Gasteiger partial charge in [0, 0.05) is 19.5 Å². The molecule has 0 saturated heterocycles. The molecular formula is C15H23N3O2S. The van der Waals surface area contributed by atoms with E-state index in [0.717, 1.165) is 17.8 Å². The predicted octanol–water partition coefficient (Wildman–Crippen LogP) is 2.88. The van der Waals surface area contributed by atoms with Crippen molar-refractivity contribution < 1.29 is 9.59 Å². The molecule has 2 atom stereocenters. The second-order valence-electron chi connectivity index (χ2n) is 5.44. The molecule has 0 radical (unpaired) electrons. The first-order valence-corrected chi connectivity index (χ1v) is 8.29. The molecule has 2 rings (SSSR count). The monoisotopic (exact) mass is 309 g/mol. The molecule has 1 amide bonds. The van der Waals surface area contributed by atoms with Crippen molar-refractivity contribution in [1.82, 2.24) is 5.32 Å². The first-order chi connectivity index (χ1) is 10.0. The van der Waals surface area contributed by atoms with Crippen molar-refractivity contribution in [2.45, 2.75) is 45.6 Å². The SMILES string of the molecule is CCCC1CC1Nc1sc(C(=O)CC)c(N)c1C(=O)NC. The molecule has 116 valence electrons. The lowest BCUT2D eigenvalue weighted by Gasteiger charge is -2.06. The van der Waals surface area contributed by atoms with E-state index in [1.165, 1.54) is 17.8 Å². The molecule has 1 fully saturated rings. The van der Waals surface area contributed by atoms with Gasteiger partial charge in [-0.25, -0.2) is 0 Å². The lowest BCUT2D eigenvalue weighted by Crippen LogP contribution is -2.20. The number of thiophene rings is 1. The summed E-state index contributed by atoms with van der Waals surface area (Å²) in [4.78, 5) is 24.5. The maximum Gasteiger partial charge on any atom is 0.256 e. The summed E-state index contributed by atoms with van der Waals surface area (Å²) in [6.07, 6.45) is 3.86.